The van der Waals surface area contributed by atoms with Gasteiger partial charge in [0.05, 0.1) is 14.6 Å². The normalized spacial score (nSPS) is 18.8. The van der Waals surface area contributed by atoms with Gasteiger partial charge in [0.25, 0.3) is 0 Å². The SMILES string of the molecule is [2H]/C(=C1/CC(C(=O)OCC)(C(=O)OCC)C/C1=C\c1ccccc1)c1ccccc1. The molecule has 2 aromatic rings. The van der Waals surface area contributed by atoms with Crippen LogP contribution in [0, 0.1) is 5.41 Å². The van der Waals surface area contributed by atoms with Crippen LogP contribution in [0.2, 0.25) is 0 Å². The van der Waals surface area contributed by atoms with Crippen LogP contribution in [0.5, 0.6) is 0 Å². The predicted molar refractivity (Wildman–Crippen MR) is 114 cm³/mol. The fraction of sp³-hybridized carbons (Fsp3) is 0.280. The zero-order chi connectivity index (χ0) is 21.6. The first-order valence-electron chi connectivity index (χ1n) is 10.4. The molecule has 0 saturated heterocycles. The minimum absolute atomic E-state index is 0.0804. The Hall–Kier alpha value is -3.14. The second kappa shape index (κ2) is 9.37. The number of ether oxygens (including phenoxy) is 2. The van der Waals surface area contributed by atoms with E-state index in [2.05, 4.69) is 0 Å². The van der Waals surface area contributed by atoms with Gasteiger partial charge in [-0.05, 0) is 49.0 Å². The van der Waals surface area contributed by atoms with E-state index in [1.54, 1.807) is 13.8 Å². The van der Waals surface area contributed by atoms with Gasteiger partial charge >= 0.3 is 11.9 Å². The van der Waals surface area contributed by atoms with Crippen LogP contribution in [-0.2, 0) is 19.1 Å². The van der Waals surface area contributed by atoms with E-state index >= 15 is 0 Å². The zero-order valence-corrected chi connectivity index (χ0v) is 16.8. The average molecular weight is 391 g/mol. The fourth-order valence-electron chi connectivity index (χ4n) is 3.53. The predicted octanol–water partition coefficient (Wildman–Crippen LogP) is 5.06. The van der Waals surface area contributed by atoms with Crippen LogP contribution < -0.4 is 0 Å². The molecule has 150 valence electrons. The highest BCUT2D eigenvalue weighted by molar-refractivity contribution is 6.02. The lowest BCUT2D eigenvalue weighted by Crippen LogP contribution is -2.39. The minimum atomic E-state index is -1.47. The Morgan fingerprint density at radius 1 is 0.862 bits per heavy atom. The quantitative estimate of drug-likeness (QED) is 0.510. The van der Waals surface area contributed by atoms with Crippen LogP contribution in [0.1, 0.15) is 39.2 Å². The monoisotopic (exact) mass is 391 g/mol. The molecule has 0 spiro atoms. The first-order chi connectivity index (χ1) is 14.5. The van der Waals surface area contributed by atoms with Gasteiger partial charge in [0.1, 0.15) is 0 Å². The molecule has 1 aliphatic rings. The van der Waals surface area contributed by atoms with Crippen LogP contribution in [0.25, 0.3) is 12.1 Å². The summed E-state index contributed by atoms with van der Waals surface area (Å²) >= 11 is 0. The number of carbonyl (C=O) groups excluding carboxylic acids is 2. The van der Waals surface area contributed by atoms with Gasteiger partial charge in [-0.25, -0.2) is 0 Å². The van der Waals surface area contributed by atoms with E-state index in [0.29, 0.717) is 11.6 Å². The van der Waals surface area contributed by atoms with E-state index in [9.17, 15) is 9.59 Å². The van der Waals surface area contributed by atoms with Gasteiger partial charge in [-0.15, -0.1) is 0 Å². The zero-order valence-electron chi connectivity index (χ0n) is 17.8. The third-order valence-corrected chi connectivity index (χ3v) is 4.90. The molecule has 0 bridgehead atoms. The third-order valence-electron chi connectivity index (χ3n) is 4.90. The number of hydrogen-bond donors (Lipinski definition) is 0. The van der Waals surface area contributed by atoms with Crippen molar-refractivity contribution in [1.29, 1.82) is 0 Å². The molecule has 1 aliphatic carbocycles. The number of benzene rings is 2. The van der Waals surface area contributed by atoms with Gasteiger partial charge in [0.2, 0.25) is 0 Å². The molecule has 0 aromatic heterocycles. The molecule has 0 heterocycles. The summed E-state index contributed by atoms with van der Waals surface area (Å²) in [7, 11) is 0. The summed E-state index contributed by atoms with van der Waals surface area (Å²) in [6.07, 6.45) is 2.16. The van der Waals surface area contributed by atoms with Crippen LogP contribution in [0.15, 0.2) is 71.8 Å². The molecule has 1 saturated carbocycles. The summed E-state index contributed by atoms with van der Waals surface area (Å²) in [6.45, 7) is 3.76. The maximum atomic E-state index is 13.0. The molecule has 2 aromatic carbocycles. The van der Waals surface area contributed by atoms with E-state index in [1.807, 2.05) is 66.7 Å². The van der Waals surface area contributed by atoms with Crippen LogP contribution in [0.3, 0.4) is 0 Å². The summed E-state index contributed by atoms with van der Waals surface area (Å²) in [5.41, 5.74) is 1.63. The Balaban J connectivity index is 2.16. The number of hydrogen-bond acceptors (Lipinski definition) is 4. The first kappa shape index (κ1) is 19.2. The maximum absolute atomic E-state index is 13.0. The smallest absolute Gasteiger partial charge is 0.324 e. The Morgan fingerprint density at radius 3 is 1.86 bits per heavy atom. The van der Waals surface area contributed by atoms with Crippen LogP contribution in [-0.4, -0.2) is 25.2 Å². The average Bonchev–Trinajstić information content (AvgIpc) is 3.15. The largest absolute Gasteiger partial charge is 0.465 e. The molecule has 0 aliphatic heterocycles. The number of carbonyl (C=O) groups is 2. The molecule has 1 fully saturated rings. The van der Waals surface area contributed by atoms with Gasteiger partial charge in [-0.3, -0.25) is 9.59 Å². The van der Waals surface area contributed by atoms with Gasteiger partial charge in [-0.2, -0.15) is 0 Å². The fourth-order valence-corrected chi connectivity index (χ4v) is 3.53. The number of rotatable bonds is 6. The van der Waals surface area contributed by atoms with Crippen molar-refractivity contribution in [1.82, 2.24) is 0 Å². The van der Waals surface area contributed by atoms with Crippen molar-refractivity contribution < 1.29 is 20.4 Å². The van der Waals surface area contributed by atoms with E-state index in [1.165, 1.54) is 0 Å². The van der Waals surface area contributed by atoms with Crippen molar-refractivity contribution in [3.8, 4) is 0 Å². The van der Waals surface area contributed by atoms with E-state index in [0.717, 1.165) is 16.7 Å². The number of esters is 2. The molecule has 4 heteroatoms. The molecule has 0 amide bonds. The highest BCUT2D eigenvalue weighted by Gasteiger charge is 2.54. The van der Waals surface area contributed by atoms with Gasteiger partial charge < -0.3 is 9.47 Å². The summed E-state index contributed by atoms with van der Waals surface area (Å²) in [6, 6.07) is 19.3. The molecular weight excluding hydrogens is 364 g/mol. The molecule has 0 N–H and O–H groups in total. The van der Waals surface area contributed by atoms with Crippen molar-refractivity contribution in [2.75, 3.05) is 13.2 Å². The summed E-state index contributed by atoms with van der Waals surface area (Å²) < 4.78 is 19.4. The summed E-state index contributed by atoms with van der Waals surface area (Å²) in [5, 5.41) is 0. The minimum Gasteiger partial charge on any atom is -0.465 e. The van der Waals surface area contributed by atoms with Crippen molar-refractivity contribution in [2.24, 2.45) is 5.41 Å². The molecule has 0 unspecified atom stereocenters. The lowest BCUT2D eigenvalue weighted by molar-refractivity contribution is -0.171. The van der Waals surface area contributed by atoms with E-state index < -0.39 is 17.4 Å². The lowest BCUT2D eigenvalue weighted by atomic mass is 9.85. The molecule has 29 heavy (non-hydrogen) atoms. The maximum Gasteiger partial charge on any atom is 0.324 e. The highest BCUT2D eigenvalue weighted by atomic mass is 16.6. The highest BCUT2D eigenvalue weighted by Crippen LogP contribution is 2.48. The van der Waals surface area contributed by atoms with Gasteiger partial charge in [-0.1, -0.05) is 72.8 Å². The summed E-state index contributed by atoms with van der Waals surface area (Å²) in [5.74, 6) is -1.20. The molecule has 3 rings (SSSR count). The van der Waals surface area contributed by atoms with Crippen LogP contribution in [0.4, 0.5) is 0 Å². The lowest BCUT2D eigenvalue weighted by Gasteiger charge is -2.23. The Bertz CT molecular complexity index is 943. The van der Waals surface area contributed by atoms with Crippen molar-refractivity contribution >= 4 is 24.1 Å². The topological polar surface area (TPSA) is 52.6 Å². The second-order valence-corrected chi connectivity index (χ2v) is 6.93. The van der Waals surface area contributed by atoms with Gasteiger partial charge in [0, 0.05) is 0 Å². The first-order valence-corrected chi connectivity index (χ1v) is 9.87. The van der Waals surface area contributed by atoms with E-state index in [-0.39, 0.29) is 26.1 Å². The standard InChI is InChI=1S/C25H26O4/c1-3-28-23(26)25(24(27)29-4-2)17-21(15-19-11-7-5-8-12-19)22(18-25)16-20-13-9-6-10-14-20/h5-16H,3-4,17-18H2,1-2H3/b21-15+,22-16+/i15D. The van der Waals surface area contributed by atoms with Crippen molar-refractivity contribution in [3.05, 3.63) is 82.9 Å². The number of allylic oxidation sites excluding steroid dienone is 2. The Labute approximate surface area is 173 Å². The van der Waals surface area contributed by atoms with Crippen molar-refractivity contribution in [3.63, 3.8) is 0 Å². The van der Waals surface area contributed by atoms with Gasteiger partial charge in [0.15, 0.2) is 5.41 Å². The molecule has 4 nitrogen and oxygen atoms in total. The summed E-state index contributed by atoms with van der Waals surface area (Å²) in [4.78, 5) is 25.9. The molecule has 0 radical (unpaired) electrons. The van der Waals surface area contributed by atoms with E-state index in [4.69, 9.17) is 10.8 Å². The molecular formula is C25H26O4. The van der Waals surface area contributed by atoms with Crippen LogP contribution >= 0.6 is 0 Å². The third kappa shape index (κ3) is 4.65. The molecule has 0 atom stereocenters. The Morgan fingerprint density at radius 2 is 1.34 bits per heavy atom. The van der Waals surface area contributed by atoms with Crippen molar-refractivity contribution in [2.45, 2.75) is 26.7 Å². The second-order valence-electron chi connectivity index (χ2n) is 6.93. The Kier molecular flexibility index (Phi) is 6.20.